The number of nitrogens with two attached hydrogens (primary N) is 1. The van der Waals surface area contributed by atoms with E-state index in [1.807, 2.05) is 19.1 Å². The molecule has 0 atom stereocenters. The van der Waals surface area contributed by atoms with E-state index in [1.165, 1.54) is 0 Å². The lowest BCUT2D eigenvalue weighted by Crippen LogP contribution is -2.06. The summed E-state index contributed by atoms with van der Waals surface area (Å²) in [4.78, 5) is 8.90. The highest BCUT2D eigenvalue weighted by atomic mass is 35.5. The molecular formula is C14H14Cl2N4. The van der Waals surface area contributed by atoms with Gasteiger partial charge in [0.1, 0.15) is 17.5 Å². The number of halogens is 2. The molecular weight excluding hydrogens is 295 g/mol. The molecule has 4 nitrogen and oxygen atoms in total. The summed E-state index contributed by atoms with van der Waals surface area (Å²) >= 11 is 12.2. The average molecular weight is 309 g/mol. The third-order valence-corrected chi connectivity index (χ3v) is 4.17. The highest BCUT2D eigenvalue weighted by Gasteiger charge is 2.28. The van der Waals surface area contributed by atoms with Crippen molar-refractivity contribution in [2.45, 2.75) is 25.7 Å². The van der Waals surface area contributed by atoms with E-state index in [0.717, 1.165) is 24.2 Å². The standard InChI is InChI=1S/C14H14Cl2N4/c1-7-12(17)19-14(8-5-6-8)20-13(7)18-10-4-2-3-9(15)11(10)16/h2-4,8H,5-6H2,1H3,(H3,17,18,19,20). The van der Waals surface area contributed by atoms with Gasteiger partial charge in [-0.3, -0.25) is 0 Å². The Morgan fingerprint density at radius 2 is 2.00 bits per heavy atom. The summed E-state index contributed by atoms with van der Waals surface area (Å²) in [5.74, 6) is 2.42. The van der Waals surface area contributed by atoms with Gasteiger partial charge in [0.25, 0.3) is 0 Å². The lowest BCUT2D eigenvalue weighted by atomic mass is 10.2. The van der Waals surface area contributed by atoms with Gasteiger partial charge >= 0.3 is 0 Å². The number of benzene rings is 1. The Labute approximate surface area is 127 Å². The molecule has 1 heterocycles. The molecule has 0 bridgehead atoms. The molecule has 0 aliphatic heterocycles. The normalized spacial score (nSPS) is 14.3. The number of anilines is 3. The molecule has 1 aliphatic rings. The fourth-order valence-corrected chi connectivity index (χ4v) is 2.27. The Morgan fingerprint density at radius 1 is 1.25 bits per heavy atom. The van der Waals surface area contributed by atoms with Crippen LogP contribution in [0.1, 0.15) is 30.1 Å². The van der Waals surface area contributed by atoms with Crippen molar-refractivity contribution in [3.05, 3.63) is 39.6 Å². The van der Waals surface area contributed by atoms with Crippen molar-refractivity contribution in [1.29, 1.82) is 0 Å². The second-order valence-electron chi connectivity index (χ2n) is 4.94. The lowest BCUT2D eigenvalue weighted by Gasteiger charge is -2.13. The van der Waals surface area contributed by atoms with E-state index in [4.69, 9.17) is 28.9 Å². The summed E-state index contributed by atoms with van der Waals surface area (Å²) in [7, 11) is 0. The molecule has 104 valence electrons. The van der Waals surface area contributed by atoms with Crippen molar-refractivity contribution >= 4 is 40.5 Å². The molecule has 0 amide bonds. The Kier molecular flexibility index (Phi) is 3.44. The first-order valence-corrected chi connectivity index (χ1v) is 7.17. The second kappa shape index (κ2) is 5.11. The van der Waals surface area contributed by atoms with Crippen LogP contribution in [0.15, 0.2) is 18.2 Å². The largest absolute Gasteiger partial charge is 0.383 e. The Balaban J connectivity index is 1.99. The van der Waals surface area contributed by atoms with E-state index in [9.17, 15) is 0 Å². The number of nitrogen functional groups attached to an aromatic ring is 1. The van der Waals surface area contributed by atoms with Crippen molar-refractivity contribution < 1.29 is 0 Å². The van der Waals surface area contributed by atoms with Gasteiger partial charge < -0.3 is 11.1 Å². The van der Waals surface area contributed by atoms with Crippen LogP contribution in [0.5, 0.6) is 0 Å². The van der Waals surface area contributed by atoms with Gasteiger partial charge in [0.15, 0.2) is 0 Å². The van der Waals surface area contributed by atoms with Crippen molar-refractivity contribution in [3.63, 3.8) is 0 Å². The molecule has 20 heavy (non-hydrogen) atoms. The maximum atomic E-state index is 6.18. The highest BCUT2D eigenvalue weighted by Crippen LogP contribution is 2.40. The van der Waals surface area contributed by atoms with Gasteiger partial charge in [-0.05, 0) is 31.9 Å². The highest BCUT2D eigenvalue weighted by molar-refractivity contribution is 6.43. The molecule has 0 radical (unpaired) electrons. The van der Waals surface area contributed by atoms with Crippen LogP contribution in [0.2, 0.25) is 10.0 Å². The van der Waals surface area contributed by atoms with Gasteiger partial charge in [-0.15, -0.1) is 0 Å². The number of rotatable bonds is 3. The van der Waals surface area contributed by atoms with Crippen molar-refractivity contribution in [1.82, 2.24) is 9.97 Å². The van der Waals surface area contributed by atoms with Gasteiger partial charge in [0, 0.05) is 11.5 Å². The number of nitrogens with one attached hydrogen (secondary N) is 1. The van der Waals surface area contributed by atoms with Crippen LogP contribution in [0.3, 0.4) is 0 Å². The maximum Gasteiger partial charge on any atom is 0.139 e. The molecule has 1 fully saturated rings. The summed E-state index contributed by atoms with van der Waals surface area (Å²) in [5.41, 5.74) is 7.48. The monoisotopic (exact) mass is 308 g/mol. The van der Waals surface area contributed by atoms with E-state index in [-0.39, 0.29) is 0 Å². The van der Waals surface area contributed by atoms with Crippen LogP contribution in [-0.4, -0.2) is 9.97 Å². The predicted octanol–water partition coefficient (Wildman–Crippen LogP) is 4.30. The molecule has 1 saturated carbocycles. The zero-order valence-electron chi connectivity index (χ0n) is 11.0. The first kappa shape index (κ1) is 13.5. The van der Waals surface area contributed by atoms with Crippen LogP contribution >= 0.6 is 23.2 Å². The third-order valence-electron chi connectivity index (χ3n) is 3.35. The molecule has 0 spiro atoms. The SMILES string of the molecule is Cc1c(N)nc(C2CC2)nc1Nc1cccc(Cl)c1Cl. The van der Waals surface area contributed by atoms with Crippen LogP contribution < -0.4 is 11.1 Å². The molecule has 1 aromatic carbocycles. The quantitative estimate of drug-likeness (QED) is 0.887. The molecule has 2 aromatic rings. The number of nitrogens with zero attached hydrogens (tertiary/aromatic N) is 2. The number of hydrogen-bond acceptors (Lipinski definition) is 4. The van der Waals surface area contributed by atoms with Gasteiger partial charge in [0.2, 0.25) is 0 Å². The summed E-state index contributed by atoms with van der Waals surface area (Å²) in [6.45, 7) is 1.88. The van der Waals surface area contributed by atoms with Crippen LogP contribution in [0, 0.1) is 6.92 Å². The fraction of sp³-hybridized carbons (Fsp3) is 0.286. The fourth-order valence-electron chi connectivity index (χ4n) is 1.93. The number of hydrogen-bond donors (Lipinski definition) is 2. The Bertz CT molecular complexity index is 668. The van der Waals surface area contributed by atoms with E-state index >= 15 is 0 Å². The molecule has 1 aromatic heterocycles. The topological polar surface area (TPSA) is 63.8 Å². The van der Waals surface area contributed by atoms with E-state index in [0.29, 0.717) is 33.3 Å². The Morgan fingerprint density at radius 3 is 2.70 bits per heavy atom. The van der Waals surface area contributed by atoms with E-state index in [2.05, 4.69) is 15.3 Å². The lowest BCUT2D eigenvalue weighted by molar-refractivity contribution is 0.928. The van der Waals surface area contributed by atoms with Gasteiger partial charge in [-0.25, -0.2) is 9.97 Å². The molecule has 0 saturated heterocycles. The zero-order chi connectivity index (χ0) is 14.3. The minimum atomic E-state index is 0.438. The number of aromatic nitrogens is 2. The second-order valence-corrected chi connectivity index (χ2v) is 5.73. The third kappa shape index (κ3) is 2.53. The molecule has 3 N–H and O–H groups in total. The Hall–Kier alpha value is -1.52. The van der Waals surface area contributed by atoms with E-state index < -0.39 is 0 Å². The summed E-state index contributed by atoms with van der Waals surface area (Å²) < 4.78 is 0. The molecule has 3 rings (SSSR count). The molecule has 1 aliphatic carbocycles. The van der Waals surface area contributed by atoms with Crippen molar-refractivity contribution in [2.24, 2.45) is 0 Å². The van der Waals surface area contributed by atoms with Crippen molar-refractivity contribution in [3.8, 4) is 0 Å². The first-order chi connectivity index (χ1) is 9.56. The first-order valence-electron chi connectivity index (χ1n) is 6.41. The van der Waals surface area contributed by atoms with Crippen LogP contribution in [0.25, 0.3) is 0 Å². The van der Waals surface area contributed by atoms with Gasteiger partial charge in [0.05, 0.1) is 15.7 Å². The van der Waals surface area contributed by atoms with Gasteiger partial charge in [-0.2, -0.15) is 0 Å². The van der Waals surface area contributed by atoms with E-state index in [1.54, 1.807) is 6.07 Å². The smallest absolute Gasteiger partial charge is 0.139 e. The van der Waals surface area contributed by atoms with Crippen LogP contribution in [0.4, 0.5) is 17.3 Å². The maximum absolute atomic E-state index is 6.18. The van der Waals surface area contributed by atoms with Crippen LogP contribution in [-0.2, 0) is 0 Å². The molecule has 0 unspecified atom stereocenters. The predicted molar refractivity (Wildman–Crippen MR) is 82.9 cm³/mol. The average Bonchev–Trinajstić information content (AvgIpc) is 3.24. The summed E-state index contributed by atoms with van der Waals surface area (Å²) in [6, 6.07) is 5.42. The van der Waals surface area contributed by atoms with Crippen molar-refractivity contribution in [2.75, 3.05) is 11.1 Å². The molecule has 6 heteroatoms. The van der Waals surface area contributed by atoms with Gasteiger partial charge in [-0.1, -0.05) is 29.3 Å². The zero-order valence-corrected chi connectivity index (χ0v) is 12.5. The summed E-state index contributed by atoms with van der Waals surface area (Å²) in [5, 5.41) is 4.17. The minimum Gasteiger partial charge on any atom is -0.383 e. The summed E-state index contributed by atoms with van der Waals surface area (Å²) in [6.07, 6.45) is 2.25. The minimum absolute atomic E-state index is 0.438.